The quantitative estimate of drug-likeness (QED) is 0.568. The third-order valence-corrected chi connectivity index (χ3v) is 4.75. The van der Waals surface area contributed by atoms with Crippen LogP contribution in [0.25, 0.3) is 0 Å². The molecule has 0 saturated carbocycles. The number of nitrogens with one attached hydrogen (secondary N) is 3. The first kappa shape index (κ1) is 20.8. The molecular formula is C21H26N4O4. The van der Waals surface area contributed by atoms with Crippen molar-refractivity contribution in [2.75, 3.05) is 11.9 Å². The van der Waals surface area contributed by atoms with Crippen molar-refractivity contribution in [3.05, 3.63) is 60.4 Å². The molecule has 2 aromatic rings. The Hall–Kier alpha value is -2.97. The molecule has 1 aliphatic rings. The van der Waals surface area contributed by atoms with Crippen LogP contribution in [0.1, 0.15) is 25.0 Å². The summed E-state index contributed by atoms with van der Waals surface area (Å²) in [5.74, 6) is -0.134. The van der Waals surface area contributed by atoms with Gasteiger partial charge >= 0.3 is 6.03 Å². The number of hydrogen-bond acceptors (Lipinski definition) is 5. The molecule has 1 aromatic carbocycles. The third kappa shape index (κ3) is 6.55. The molecule has 1 fully saturated rings. The molecule has 1 aliphatic heterocycles. The van der Waals surface area contributed by atoms with Crippen LogP contribution in [0.15, 0.2) is 54.7 Å². The maximum absolute atomic E-state index is 12.2. The fourth-order valence-electron chi connectivity index (χ4n) is 3.27. The lowest BCUT2D eigenvalue weighted by Crippen LogP contribution is -2.52. The maximum atomic E-state index is 12.2. The number of pyridine rings is 1. The number of benzene rings is 1. The molecule has 3 atom stereocenters. The number of carbonyl (C=O) groups is 2. The van der Waals surface area contributed by atoms with E-state index in [1.54, 1.807) is 18.3 Å². The van der Waals surface area contributed by atoms with Crippen molar-refractivity contribution in [2.24, 2.45) is 0 Å². The van der Waals surface area contributed by atoms with Crippen LogP contribution >= 0.6 is 0 Å². The number of nitrogens with zero attached hydrogens (tertiary/aromatic N) is 1. The van der Waals surface area contributed by atoms with Gasteiger partial charge in [0.25, 0.3) is 0 Å². The van der Waals surface area contributed by atoms with Gasteiger partial charge in [-0.05, 0) is 37.1 Å². The summed E-state index contributed by atoms with van der Waals surface area (Å²) < 4.78 is 5.85. The predicted molar refractivity (Wildman–Crippen MR) is 108 cm³/mol. The fourth-order valence-corrected chi connectivity index (χ4v) is 3.27. The first-order valence-electron chi connectivity index (χ1n) is 9.69. The first-order valence-corrected chi connectivity index (χ1v) is 9.69. The number of rotatable bonds is 7. The topological polar surface area (TPSA) is 113 Å². The molecule has 0 unspecified atom stereocenters. The van der Waals surface area contributed by atoms with Gasteiger partial charge < -0.3 is 25.8 Å². The third-order valence-electron chi connectivity index (χ3n) is 4.75. The summed E-state index contributed by atoms with van der Waals surface area (Å²) in [7, 11) is 0. The molecule has 4 N–H and O–H groups in total. The van der Waals surface area contributed by atoms with Gasteiger partial charge in [0.1, 0.15) is 6.10 Å². The van der Waals surface area contributed by atoms with Crippen molar-refractivity contribution in [3.8, 4) is 0 Å². The van der Waals surface area contributed by atoms with E-state index in [9.17, 15) is 14.7 Å². The average Bonchev–Trinajstić information content (AvgIpc) is 2.74. The van der Waals surface area contributed by atoms with Crippen molar-refractivity contribution in [1.29, 1.82) is 0 Å². The minimum atomic E-state index is -0.557. The number of anilines is 1. The van der Waals surface area contributed by atoms with Crippen LogP contribution in [0.2, 0.25) is 0 Å². The lowest BCUT2D eigenvalue weighted by atomic mass is 9.97. The van der Waals surface area contributed by atoms with Gasteiger partial charge in [-0.15, -0.1) is 0 Å². The Labute approximate surface area is 169 Å². The molecule has 0 bridgehead atoms. The summed E-state index contributed by atoms with van der Waals surface area (Å²) in [5.41, 5.74) is 1.47. The summed E-state index contributed by atoms with van der Waals surface area (Å²) in [4.78, 5) is 28.5. The molecule has 154 valence electrons. The summed E-state index contributed by atoms with van der Waals surface area (Å²) in [5, 5.41) is 18.1. The number of ether oxygens (including phenoxy) is 1. The Balaban J connectivity index is 1.43. The van der Waals surface area contributed by atoms with Crippen LogP contribution in [0.4, 0.5) is 10.5 Å². The fraction of sp³-hybridized carbons (Fsp3) is 0.381. The summed E-state index contributed by atoms with van der Waals surface area (Å²) >= 11 is 0. The standard InChI is InChI=1S/C21H26N4O4/c26-14-19-18(25-21(28)24-15-6-2-1-3-7-15)10-9-17(29-19)12-20(27)23-13-16-8-4-5-11-22-16/h1-8,11,17-19,26H,9-10,12-14H2,(H,23,27)(H2,24,25,28)/t17-,18+,19+/m0/s1. The Morgan fingerprint density at radius 1 is 1.10 bits per heavy atom. The molecular weight excluding hydrogens is 372 g/mol. The molecule has 0 spiro atoms. The second-order valence-electron chi connectivity index (χ2n) is 6.93. The van der Waals surface area contributed by atoms with E-state index in [-0.39, 0.29) is 37.1 Å². The monoisotopic (exact) mass is 398 g/mol. The van der Waals surface area contributed by atoms with E-state index < -0.39 is 6.10 Å². The zero-order valence-corrected chi connectivity index (χ0v) is 16.1. The molecule has 8 heteroatoms. The van der Waals surface area contributed by atoms with Crippen molar-refractivity contribution >= 4 is 17.6 Å². The molecule has 0 radical (unpaired) electrons. The van der Waals surface area contributed by atoms with Crippen LogP contribution in [0, 0.1) is 0 Å². The van der Waals surface area contributed by atoms with Crippen LogP contribution in [0.3, 0.4) is 0 Å². The van der Waals surface area contributed by atoms with Crippen molar-refractivity contribution in [3.63, 3.8) is 0 Å². The number of hydrogen-bond donors (Lipinski definition) is 4. The summed E-state index contributed by atoms with van der Waals surface area (Å²) in [6.45, 7) is 0.127. The van der Waals surface area contributed by atoms with Gasteiger partial charge in [0.2, 0.25) is 5.91 Å². The number of carbonyl (C=O) groups excluding carboxylic acids is 2. The van der Waals surface area contributed by atoms with Gasteiger partial charge in [-0.1, -0.05) is 24.3 Å². The zero-order valence-electron chi connectivity index (χ0n) is 16.1. The predicted octanol–water partition coefficient (Wildman–Crippen LogP) is 1.82. The first-order chi connectivity index (χ1) is 14.1. The Kier molecular flexibility index (Phi) is 7.54. The van der Waals surface area contributed by atoms with Gasteiger partial charge in [-0.3, -0.25) is 9.78 Å². The van der Waals surface area contributed by atoms with Crippen molar-refractivity contribution in [2.45, 2.75) is 44.1 Å². The SMILES string of the molecule is O=C(C[C@@H]1CC[C@@H](NC(=O)Nc2ccccc2)[C@@H](CO)O1)NCc1ccccn1. The number of para-hydroxylation sites is 1. The second-order valence-corrected chi connectivity index (χ2v) is 6.93. The number of aliphatic hydroxyl groups is 1. The number of aliphatic hydroxyl groups excluding tert-OH is 1. The maximum Gasteiger partial charge on any atom is 0.319 e. The highest BCUT2D eigenvalue weighted by atomic mass is 16.5. The average molecular weight is 398 g/mol. The highest BCUT2D eigenvalue weighted by molar-refractivity contribution is 5.89. The number of aromatic nitrogens is 1. The Morgan fingerprint density at radius 3 is 2.62 bits per heavy atom. The molecule has 29 heavy (non-hydrogen) atoms. The lowest BCUT2D eigenvalue weighted by molar-refractivity contribution is -0.130. The largest absolute Gasteiger partial charge is 0.394 e. The van der Waals surface area contributed by atoms with Crippen LogP contribution in [-0.2, 0) is 16.1 Å². The summed E-state index contributed by atoms with van der Waals surface area (Å²) in [6, 6.07) is 14.0. The van der Waals surface area contributed by atoms with Crippen LogP contribution in [-0.4, -0.2) is 46.9 Å². The summed E-state index contributed by atoms with van der Waals surface area (Å²) in [6.07, 6.45) is 2.25. The molecule has 8 nitrogen and oxygen atoms in total. The molecule has 1 saturated heterocycles. The van der Waals surface area contributed by atoms with Crippen molar-refractivity contribution in [1.82, 2.24) is 15.6 Å². The minimum Gasteiger partial charge on any atom is -0.394 e. The normalized spacial score (nSPS) is 21.2. The number of amides is 3. The van der Waals surface area contributed by atoms with E-state index in [0.29, 0.717) is 25.1 Å². The van der Waals surface area contributed by atoms with Crippen LogP contribution in [0.5, 0.6) is 0 Å². The van der Waals surface area contributed by atoms with E-state index in [1.165, 1.54) is 0 Å². The highest BCUT2D eigenvalue weighted by Gasteiger charge is 2.32. The van der Waals surface area contributed by atoms with Gasteiger partial charge in [0, 0.05) is 11.9 Å². The minimum absolute atomic E-state index is 0.134. The molecule has 3 amide bonds. The van der Waals surface area contributed by atoms with Gasteiger partial charge in [-0.2, -0.15) is 0 Å². The van der Waals surface area contributed by atoms with Gasteiger partial charge in [0.15, 0.2) is 0 Å². The Morgan fingerprint density at radius 2 is 1.90 bits per heavy atom. The van der Waals surface area contributed by atoms with E-state index in [4.69, 9.17) is 4.74 Å². The highest BCUT2D eigenvalue weighted by Crippen LogP contribution is 2.22. The molecule has 1 aromatic heterocycles. The van der Waals surface area contributed by atoms with Gasteiger partial charge in [-0.25, -0.2) is 4.79 Å². The van der Waals surface area contributed by atoms with E-state index >= 15 is 0 Å². The van der Waals surface area contributed by atoms with E-state index in [2.05, 4.69) is 20.9 Å². The van der Waals surface area contributed by atoms with E-state index in [0.717, 1.165) is 5.69 Å². The van der Waals surface area contributed by atoms with Crippen LogP contribution < -0.4 is 16.0 Å². The Bertz CT molecular complexity index is 788. The molecule has 0 aliphatic carbocycles. The molecule has 3 rings (SSSR count). The second kappa shape index (κ2) is 10.5. The van der Waals surface area contributed by atoms with E-state index in [1.807, 2.05) is 36.4 Å². The smallest absolute Gasteiger partial charge is 0.319 e. The lowest BCUT2D eigenvalue weighted by Gasteiger charge is -2.35. The number of urea groups is 1. The molecule has 2 heterocycles. The zero-order chi connectivity index (χ0) is 20.5. The van der Waals surface area contributed by atoms with Gasteiger partial charge in [0.05, 0.1) is 37.4 Å². The van der Waals surface area contributed by atoms with Crippen molar-refractivity contribution < 1.29 is 19.4 Å².